The Balaban J connectivity index is 2.75. The fourth-order valence-electron chi connectivity index (χ4n) is 0.167. The van der Waals surface area contributed by atoms with Crippen molar-refractivity contribution < 1.29 is 0 Å². The molecule has 0 bridgehead atoms. The minimum absolute atomic E-state index is 0.463. The molecule has 3 radical (unpaired) electrons. The summed E-state index contributed by atoms with van der Waals surface area (Å²) in [5.41, 5.74) is 0. The first-order valence-corrected chi connectivity index (χ1v) is 2.34. The maximum Gasteiger partial charge on any atom is -0.0349 e. The van der Waals surface area contributed by atoms with Crippen LogP contribution in [-0.2, 0) is 0 Å². The molecule has 0 aliphatic rings. The molecule has 1 unspecified atom stereocenters. The van der Waals surface area contributed by atoms with Gasteiger partial charge < -0.3 is 0 Å². The first-order chi connectivity index (χ1) is 2.81. The Labute approximate surface area is 40.6 Å². The van der Waals surface area contributed by atoms with Gasteiger partial charge in [-0.25, -0.2) is 0 Å². The standard InChI is InChI=1S/C6H11/c1-4-6(3)5-2/h1,6H,3-5H2,2H3. The largest absolute Gasteiger partial charge is 0.0651 e. The summed E-state index contributed by atoms with van der Waals surface area (Å²) in [5.74, 6) is 0.463. The molecule has 0 heteroatoms. The smallest absolute Gasteiger partial charge is 0.0349 e. The highest BCUT2D eigenvalue weighted by Gasteiger charge is 1.89. The Morgan fingerprint density at radius 3 is 2.33 bits per heavy atom. The second-order valence-electron chi connectivity index (χ2n) is 1.51. The summed E-state index contributed by atoms with van der Waals surface area (Å²) in [5, 5.41) is 0. The molecule has 0 aliphatic carbocycles. The van der Waals surface area contributed by atoms with E-state index in [9.17, 15) is 0 Å². The van der Waals surface area contributed by atoms with E-state index in [0.29, 0.717) is 5.92 Å². The van der Waals surface area contributed by atoms with Gasteiger partial charge in [-0.2, -0.15) is 0 Å². The van der Waals surface area contributed by atoms with E-state index in [1.807, 2.05) is 0 Å². The Morgan fingerprint density at radius 2 is 2.33 bits per heavy atom. The molecule has 0 amide bonds. The topological polar surface area (TPSA) is 0 Å². The van der Waals surface area contributed by atoms with Crippen molar-refractivity contribution in [3.8, 4) is 0 Å². The average molecular weight is 83.2 g/mol. The lowest BCUT2D eigenvalue weighted by molar-refractivity contribution is 0.632. The average Bonchev–Trinajstić information content (AvgIpc) is 1.65. The second-order valence-corrected chi connectivity index (χ2v) is 1.51. The second kappa shape index (κ2) is 3.20. The summed E-state index contributed by atoms with van der Waals surface area (Å²) in [7, 11) is 0. The van der Waals surface area contributed by atoms with Crippen LogP contribution in [0.4, 0.5) is 0 Å². The minimum atomic E-state index is 0.463. The molecule has 0 saturated heterocycles. The lowest BCUT2D eigenvalue weighted by Crippen LogP contribution is -1.86. The van der Waals surface area contributed by atoms with Crippen LogP contribution in [0.15, 0.2) is 0 Å². The van der Waals surface area contributed by atoms with Gasteiger partial charge in [-0.05, 0) is 19.3 Å². The van der Waals surface area contributed by atoms with E-state index in [1.54, 1.807) is 0 Å². The van der Waals surface area contributed by atoms with Gasteiger partial charge >= 0.3 is 0 Å². The summed E-state index contributed by atoms with van der Waals surface area (Å²) in [6.45, 7) is 11.1. The van der Waals surface area contributed by atoms with Crippen LogP contribution in [0.5, 0.6) is 0 Å². The van der Waals surface area contributed by atoms with Gasteiger partial charge in [0, 0.05) is 0 Å². The summed E-state index contributed by atoms with van der Waals surface area (Å²) < 4.78 is 0. The van der Waals surface area contributed by atoms with E-state index in [-0.39, 0.29) is 0 Å². The number of hydrogen-bond acceptors (Lipinski definition) is 0. The molecule has 0 saturated carbocycles. The molecule has 0 rings (SSSR count). The number of rotatable bonds is 2. The Bertz CT molecular complexity index is 19.2. The third-order valence-corrected chi connectivity index (χ3v) is 0.911. The molecule has 0 aromatic carbocycles. The van der Waals surface area contributed by atoms with Crippen LogP contribution in [0, 0.1) is 19.8 Å². The predicted molar refractivity (Wildman–Crippen MR) is 28.1 cm³/mol. The van der Waals surface area contributed by atoms with Crippen molar-refractivity contribution >= 4 is 0 Å². The van der Waals surface area contributed by atoms with Crippen molar-refractivity contribution in [3.05, 3.63) is 13.8 Å². The quantitative estimate of drug-likeness (QED) is 0.478. The Kier molecular flexibility index (Phi) is 3.20. The van der Waals surface area contributed by atoms with Crippen molar-refractivity contribution in [2.45, 2.75) is 19.8 Å². The normalized spacial score (nSPS) is 10.0. The Hall–Kier alpha value is 0. The lowest BCUT2D eigenvalue weighted by Gasteiger charge is -1.98. The Morgan fingerprint density at radius 1 is 1.83 bits per heavy atom. The van der Waals surface area contributed by atoms with Gasteiger partial charge in [0.1, 0.15) is 0 Å². The fraction of sp³-hybridized carbons (Fsp3) is 0.667. The molecule has 0 aromatic heterocycles. The van der Waals surface area contributed by atoms with Gasteiger partial charge in [0.25, 0.3) is 0 Å². The zero-order valence-electron chi connectivity index (χ0n) is 4.28. The van der Waals surface area contributed by atoms with Gasteiger partial charge in [0.15, 0.2) is 0 Å². The SMILES string of the molecule is [CH]CC([CH2])CC. The molecule has 0 heterocycles. The monoisotopic (exact) mass is 83.1 g/mol. The zero-order valence-corrected chi connectivity index (χ0v) is 4.28. The molecule has 0 aromatic rings. The van der Waals surface area contributed by atoms with E-state index in [1.165, 1.54) is 0 Å². The van der Waals surface area contributed by atoms with Crippen molar-refractivity contribution in [2.24, 2.45) is 5.92 Å². The van der Waals surface area contributed by atoms with Gasteiger partial charge in [-0.3, -0.25) is 0 Å². The molecular weight excluding hydrogens is 72.1 g/mol. The highest BCUT2D eigenvalue weighted by Crippen LogP contribution is 2.01. The van der Waals surface area contributed by atoms with Crippen LogP contribution < -0.4 is 0 Å². The van der Waals surface area contributed by atoms with Crippen LogP contribution in [-0.4, -0.2) is 0 Å². The molecule has 35 valence electrons. The summed E-state index contributed by atoms with van der Waals surface area (Å²) in [6, 6.07) is 0. The number of hydrogen-bond donors (Lipinski definition) is 0. The van der Waals surface area contributed by atoms with E-state index < -0.39 is 0 Å². The van der Waals surface area contributed by atoms with Gasteiger partial charge in [0.2, 0.25) is 0 Å². The molecule has 0 nitrogen and oxygen atoms in total. The molecule has 0 aliphatic heterocycles. The molecule has 1 atom stereocenters. The van der Waals surface area contributed by atoms with Crippen LogP contribution in [0.3, 0.4) is 0 Å². The minimum Gasteiger partial charge on any atom is -0.0651 e. The summed E-state index contributed by atoms with van der Waals surface area (Å²) in [4.78, 5) is 0. The maximum absolute atomic E-state index is 5.22. The van der Waals surface area contributed by atoms with Gasteiger partial charge in [-0.15, -0.1) is 0 Å². The molecule has 0 N–H and O–H groups in total. The first kappa shape index (κ1) is 6.00. The molecule has 0 spiro atoms. The zero-order chi connectivity index (χ0) is 4.99. The van der Waals surface area contributed by atoms with Crippen LogP contribution in [0.25, 0.3) is 0 Å². The van der Waals surface area contributed by atoms with Crippen LogP contribution in [0.2, 0.25) is 0 Å². The first-order valence-electron chi connectivity index (χ1n) is 2.34. The third-order valence-electron chi connectivity index (χ3n) is 0.911. The summed E-state index contributed by atoms with van der Waals surface area (Å²) in [6.07, 6.45) is 1.81. The predicted octanol–water partition coefficient (Wildman–Crippen LogP) is 1.95. The highest BCUT2D eigenvalue weighted by molar-refractivity contribution is 4.58. The van der Waals surface area contributed by atoms with E-state index in [4.69, 9.17) is 6.92 Å². The van der Waals surface area contributed by atoms with Gasteiger partial charge in [0.05, 0.1) is 0 Å². The van der Waals surface area contributed by atoms with Crippen LogP contribution in [0.1, 0.15) is 19.8 Å². The molecular formula is C6H11. The molecule has 0 fully saturated rings. The van der Waals surface area contributed by atoms with E-state index in [2.05, 4.69) is 13.8 Å². The van der Waals surface area contributed by atoms with Crippen LogP contribution >= 0.6 is 0 Å². The maximum atomic E-state index is 5.22. The van der Waals surface area contributed by atoms with Crippen molar-refractivity contribution in [2.75, 3.05) is 0 Å². The van der Waals surface area contributed by atoms with Gasteiger partial charge in [-0.1, -0.05) is 20.3 Å². The van der Waals surface area contributed by atoms with E-state index in [0.717, 1.165) is 12.8 Å². The third kappa shape index (κ3) is 2.25. The van der Waals surface area contributed by atoms with E-state index >= 15 is 0 Å². The fourth-order valence-corrected chi connectivity index (χ4v) is 0.167. The summed E-state index contributed by atoms with van der Waals surface area (Å²) >= 11 is 0. The van der Waals surface area contributed by atoms with Crippen molar-refractivity contribution in [1.29, 1.82) is 0 Å². The lowest BCUT2D eigenvalue weighted by atomic mass is 10.1. The van der Waals surface area contributed by atoms with Crippen molar-refractivity contribution in [3.63, 3.8) is 0 Å². The molecule has 6 heavy (non-hydrogen) atoms. The highest BCUT2D eigenvalue weighted by atomic mass is 13.9. The van der Waals surface area contributed by atoms with Crippen molar-refractivity contribution in [1.82, 2.24) is 0 Å².